The Bertz CT molecular complexity index is 1010. The smallest absolute Gasteiger partial charge is 0.307 e. The number of aryl methyl sites for hydroxylation is 1. The van der Waals surface area contributed by atoms with Gasteiger partial charge >= 0.3 is 5.97 Å². The highest BCUT2D eigenvalue weighted by atomic mass is 16.5. The lowest BCUT2D eigenvalue weighted by atomic mass is 9.96. The largest absolute Gasteiger partial charge is 0.490 e. The van der Waals surface area contributed by atoms with Crippen molar-refractivity contribution >= 4 is 22.8 Å². The fourth-order valence-electron chi connectivity index (χ4n) is 3.50. The van der Waals surface area contributed by atoms with Crippen LogP contribution in [0.4, 0.5) is 0 Å². The number of carboxylic acids is 1. The van der Waals surface area contributed by atoms with Crippen LogP contribution in [0, 0.1) is 6.92 Å². The summed E-state index contributed by atoms with van der Waals surface area (Å²) >= 11 is 0. The summed E-state index contributed by atoms with van der Waals surface area (Å²) in [6.07, 6.45) is 3.63. The SMILES string of the molecule is Cc1cc2c(CC(=O)O)cccc2n1C(=O)c1ccc(OC2CCC2)cc1. The quantitative estimate of drug-likeness (QED) is 0.738. The monoisotopic (exact) mass is 363 g/mol. The van der Waals surface area contributed by atoms with Gasteiger partial charge in [0.05, 0.1) is 18.0 Å². The molecular formula is C22H21NO4. The molecule has 0 saturated heterocycles. The number of hydrogen-bond acceptors (Lipinski definition) is 3. The molecule has 5 heteroatoms. The van der Waals surface area contributed by atoms with Crippen LogP contribution in [-0.2, 0) is 11.2 Å². The molecule has 1 heterocycles. The molecule has 3 aromatic rings. The lowest BCUT2D eigenvalue weighted by molar-refractivity contribution is -0.136. The number of hydrogen-bond donors (Lipinski definition) is 1. The Morgan fingerprint density at radius 3 is 2.52 bits per heavy atom. The van der Waals surface area contributed by atoms with Crippen molar-refractivity contribution in [3.05, 3.63) is 65.4 Å². The molecule has 0 atom stereocenters. The van der Waals surface area contributed by atoms with Gasteiger partial charge in [-0.3, -0.25) is 14.2 Å². The van der Waals surface area contributed by atoms with E-state index in [4.69, 9.17) is 9.84 Å². The second-order valence-corrected chi connectivity index (χ2v) is 7.04. The molecule has 2 aromatic carbocycles. The standard InChI is InChI=1S/C22H21NO4/c1-14-12-19-16(13-21(24)25)4-2-7-20(19)23(14)22(26)15-8-10-18(11-9-15)27-17-5-3-6-17/h2,4,7-12,17H,3,5-6,13H2,1H3,(H,24,25). The van der Waals surface area contributed by atoms with Crippen LogP contribution in [0.15, 0.2) is 48.5 Å². The Morgan fingerprint density at radius 1 is 1.15 bits per heavy atom. The lowest BCUT2D eigenvalue weighted by Crippen LogP contribution is -2.24. The Hall–Kier alpha value is -3.08. The fourth-order valence-corrected chi connectivity index (χ4v) is 3.50. The average Bonchev–Trinajstić information content (AvgIpc) is 2.95. The molecular weight excluding hydrogens is 342 g/mol. The van der Waals surface area contributed by atoms with Crippen LogP contribution in [-0.4, -0.2) is 27.7 Å². The van der Waals surface area contributed by atoms with Gasteiger partial charge in [0.1, 0.15) is 5.75 Å². The van der Waals surface area contributed by atoms with Crippen molar-refractivity contribution in [1.82, 2.24) is 4.57 Å². The van der Waals surface area contributed by atoms with Gasteiger partial charge in [-0.2, -0.15) is 0 Å². The lowest BCUT2D eigenvalue weighted by Gasteiger charge is -2.26. The van der Waals surface area contributed by atoms with Crippen molar-refractivity contribution in [3.63, 3.8) is 0 Å². The van der Waals surface area contributed by atoms with E-state index < -0.39 is 5.97 Å². The van der Waals surface area contributed by atoms with Crippen molar-refractivity contribution in [2.45, 2.75) is 38.7 Å². The first-order chi connectivity index (χ1) is 13.0. The van der Waals surface area contributed by atoms with Gasteiger partial charge in [0.25, 0.3) is 5.91 Å². The summed E-state index contributed by atoms with van der Waals surface area (Å²) in [6, 6.07) is 14.5. The second-order valence-electron chi connectivity index (χ2n) is 7.04. The summed E-state index contributed by atoms with van der Waals surface area (Å²) in [6.45, 7) is 1.86. The molecule has 138 valence electrons. The van der Waals surface area contributed by atoms with Crippen LogP contribution in [0.2, 0.25) is 0 Å². The van der Waals surface area contributed by atoms with E-state index in [1.807, 2.05) is 31.2 Å². The topological polar surface area (TPSA) is 68.5 Å². The highest BCUT2D eigenvalue weighted by Gasteiger charge is 2.20. The zero-order valence-corrected chi connectivity index (χ0v) is 15.1. The van der Waals surface area contributed by atoms with Crippen LogP contribution in [0.25, 0.3) is 10.9 Å². The third-order valence-corrected chi connectivity index (χ3v) is 5.12. The number of benzene rings is 2. The van der Waals surface area contributed by atoms with Crippen molar-refractivity contribution in [2.24, 2.45) is 0 Å². The van der Waals surface area contributed by atoms with Crippen LogP contribution >= 0.6 is 0 Å². The zero-order valence-electron chi connectivity index (χ0n) is 15.1. The molecule has 0 spiro atoms. The number of nitrogens with zero attached hydrogens (tertiary/aromatic N) is 1. The third kappa shape index (κ3) is 3.33. The van der Waals surface area contributed by atoms with Crippen molar-refractivity contribution in [2.75, 3.05) is 0 Å². The number of aromatic nitrogens is 1. The fraction of sp³-hybridized carbons (Fsp3) is 0.273. The van der Waals surface area contributed by atoms with Gasteiger partial charge in [0.2, 0.25) is 0 Å². The first kappa shape index (κ1) is 17.3. The van der Waals surface area contributed by atoms with E-state index in [1.54, 1.807) is 28.8 Å². The summed E-state index contributed by atoms with van der Waals surface area (Å²) in [5.41, 5.74) is 2.78. The number of carboxylic acid groups (broad SMARTS) is 1. The molecule has 1 aliphatic rings. The minimum atomic E-state index is -0.888. The molecule has 0 unspecified atom stereocenters. The Kier molecular flexibility index (Phi) is 4.44. The van der Waals surface area contributed by atoms with Crippen molar-refractivity contribution in [3.8, 4) is 5.75 Å². The normalized spacial score (nSPS) is 14.1. The Labute approximate surface area is 157 Å². The molecule has 1 N–H and O–H groups in total. The van der Waals surface area contributed by atoms with E-state index >= 15 is 0 Å². The van der Waals surface area contributed by atoms with E-state index in [0.29, 0.717) is 17.2 Å². The van der Waals surface area contributed by atoms with Gasteiger partial charge < -0.3 is 9.84 Å². The van der Waals surface area contributed by atoms with Gasteiger partial charge in [-0.15, -0.1) is 0 Å². The number of carbonyl (C=O) groups excluding carboxylic acids is 1. The zero-order chi connectivity index (χ0) is 19.0. The van der Waals surface area contributed by atoms with Crippen LogP contribution < -0.4 is 4.74 Å². The van der Waals surface area contributed by atoms with E-state index in [1.165, 1.54) is 6.42 Å². The number of carbonyl (C=O) groups is 2. The third-order valence-electron chi connectivity index (χ3n) is 5.12. The molecule has 27 heavy (non-hydrogen) atoms. The summed E-state index contributed by atoms with van der Waals surface area (Å²) in [5.74, 6) is -0.236. The predicted octanol–water partition coefficient (Wildman–Crippen LogP) is 4.20. The molecule has 0 aliphatic heterocycles. The van der Waals surface area contributed by atoms with Crippen molar-refractivity contribution < 1.29 is 19.4 Å². The van der Waals surface area contributed by atoms with Crippen molar-refractivity contribution in [1.29, 1.82) is 0 Å². The second kappa shape index (κ2) is 6.91. The summed E-state index contributed by atoms with van der Waals surface area (Å²) in [5, 5.41) is 9.92. The number of ether oxygens (including phenoxy) is 1. The first-order valence-electron chi connectivity index (χ1n) is 9.16. The number of rotatable bonds is 5. The van der Waals surface area contributed by atoms with E-state index in [2.05, 4.69) is 0 Å². The molecule has 0 amide bonds. The van der Waals surface area contributed by atoms with E-state index in [9.17, 15) is 9.59 Å². The maximum absolute atomic E-state index is 13.1. The summed E-state index contributed by atoms with van der Waals surface area (Å²) < 4.78 is 7.49. The Balaban J connectivity index is 1.66. The van der Waals surface area contributed by atoms with Gasteiger partial charge in [0.15, 0.2) is 0 Å². The first-order valence-corrected chi connectivity index (χ1v) is 9.16. The number of fused-ring (bicyclic) bond motifs is 1. The minimum Gasteiger partial charge on any atom is -0.490 e. The molecule has 0 bridgehead atoms. The summed E-state index contributed by atoms with van der Waals surface area (Å²) in [7, 11) is 0. The van der Waals surface area contributed by atoms with Crippen LogP contribution in [0.3, 0.4) is 0 Å². The molecule has 0 radical (unpaired) electrons. The van der Waals surface area contributed by atoms with Gasteiger partial charge in [-0.05, 0) is 68.1 Å². The van der Waals surface area contributed by atoms with Gasteiger partial charge in [-0.25, -0.2) is 0 Å². The Morgan fingerprint density at radius 2 is 1.89 bits per heavy atom. The summed E-state index contributed by atoms with van der Waals surface area (Å²) in [4.78, 5) is 24.2. The van der Waals surface area contributed by atoms with E-state index in [0.717, 1.165) is 35.2 Å². The van der Waals surface area contributed by atoms with Gasteiger partial charge in [-0.1, -0.05) is 12.1 Å². The highest BCUT2D eigenvalue weighted by molar-refractivity contribution is 6.04. The predicted molar refractivity (Wildman–Crippen MR) is 102 cm³/mol. The van der Waals surface area contributed by atoms with E-state index in [-0.39, 0.29) is 12.3 Å². The molecule has 1 saturated carbocycles. The van der Waals surface area contributed by atoms with Crippen LogP contribution in [0.1, 0.15) is 40.9 Å². The molecule has 1 aliphatic carbocycles. The number of aliphatic carboxylic acids is 1. The molecule has 4 rings (SSSR count). The average molecular weight is 363 g/mol. The molecule has 1 aromatic heterocycles. The molecule has 5 nitrogen and oxygen atoms in total. The highest BCUT2D eigenvalue weighted by Crippen LogP contribution is 2.27. The minimum absolute atomic E-state index is 0.0673. The maximum Gasteiger partial charge on any atom is 0.307 e. The van der Waals surface area contributed by atoms with Gasteiger partial charge in [0, 0.05) is 16.6 Å². The van der Waals surface area contributed by atoms with Crippen LogP contribution in [0.5, 0.6) is 5.75 Å². The molecule has 1 fully saturated rings. The maximum atomic E-state index is 13.1.